The minimum Gasteiger partial charge on any atom is -0.409 e. The number of oxime groups is 1. The van der Waals surface area contributed by atoms with Gasteiger partial charge in [0.05, 0.1) is 17.0 Å². The topological polar surface area (TPSA) is 99.2 Å². The third-order valence-electron chi connectivity index (χ3n) is 3.91. The Morgan fingerprint density at radius 3 is 2.25 bits per heavy atom. The van der Waals surface area contributed by atoms with Gasteiger partial charge in [0.2, 0.25) is 0 Å². The van der Waals surface area contributed by atoms with Crippen molar-refractivity contribution in [3.8, 4) is 0 Å². The first-order chi connectivity index (χ1) is 9.27. The van der Waals surface area contributed by atoms with Crippen molar-refractivity contribution in [3.05, 3.63) is 0 Å². The van der Waals surface area contributed by atoms with E-state index in [0.29, 0.717) is 6.54 Å². The molecule has 3 N–H and O–H groups in total. The van der Waals surface area contributed by atoms with Crippen LogP contribution in [0.5, 0.6) is 0 Å². The quantitative estimate of drug-likeness (QED) is 0.299. The number of hydrogen-bond donors (Lipinski definition) is 2. The molecule has 1 aliphatic heterocycles. The summed E-state index contributed by atoms with van der Waals surface area (Å²) in [6, 6.07) is -0.0958. The van der Waals surface area contributed by atoms with E-state index in [1.807, 2.05) is 6.92 Å². The lowest BCUT2D eigenvalue weighted by Gasteiger charge is -2.37. The second-order valence-electron chi connectivity index (χ2n) is 5.49. The predicted octanol–water partition coefficient (Wildman–Crippen LogP) is -0.438. The van der Waals surface area contributed by atoms with Gasteiger partial charge in [-0.05, 0) is 20.8 Å². The normalized spacial score (nSPS) is 21.3. The molecule has 0 aromatic heterocycles. The monoisotopic (exact) mass is 306 g/mol. The third kappa shape index (κ3) is 4.60. The summed E-state index contributed by atoms with van der Waals surface area (Å²) >= 11 is 0. The largest absolute Gasteiger partial charge is 0.409 e. The van der Waals surface area contributed by atoms with E-state index >= 15 is 0 Å². The number of hydrogen-bond acceptors (Lipinski definition) is 6. The zero-order valence-electron chi connectivity index (χ0n) is 12.5. The fourth-order valence-electron chi connectivity index (χ4n) is 2.14. The van der Waals surface area contributed by atoms with E-state index in [9.17, 15) is 8.42 Å². The summed E-state index contributed by atoms with van der Waals surface area (Å²) < 4.78 is 23.6. The first-order valence-electron chi connectivity index (χ1n) is 6.93. The van der Waals surface area contributed by atoms with E-state index in [1.165, 1.54) is 0 Å². The van der Waals surface area contributed by atoms with Gasteiger partial charge in [-0.2, -0.15) is 0 Å². The molecule has 0 saturated carbocycles. The standard InChI is InChI=1S/C12H26N4O3S/c1-10(2)20(18,19)9-8-15-4-6-16(7-5-15)11(3)12(13)14-17/h10-11,17H,4-9H2,1-3H3,(H2,13,14). The van der Waals surface area contributed by atoms with Crippen LogP contribution in [0.1, 0.15) is 20.8 Å². The Morgan fingerprint density at radius 1 is 1.25 bits per heavy atom. The zero-order chi connectivity index (χ0) is 15.3. The Bertz CT molecular complexity index is 428. The number of nitrogens with two attached hydrogens (primary N) is 1. The summed E-state index contributed by atoms with van der Waals surface area (Å²) in [5.41, 5.74) is 5.60. The van der Waals surface area contributed by atoms with Gasteiger partial charge >= 0.3 is 0 Å². The Hall–Kier alpha value is -0.860. The van der Waals surface area contributed by atoms with E-state index in [1.54, 1.807) is 13.8 Å². The Morgan fingerprint density at radius 2 is 1.80 bits per heavy atom. The van der Waals surface area contributed by atoms with Gasteiger partial charge in [0, 0.05) is 32.7 Å². The summed E-state index contributed by atoms with van der Waals surface area (Å²) in [6.07, 6.45) is 0. The molecule has 0 bridgehead atoms. The van der Waals surface area contributed by atoms with Crippen LogP contribution in [0.15, 0.2) is 5.16 Å². The third-order valence-corrected chi connectivity index (χ3v) is 6.10. The molecule has 1 atom stereocenters. The Labute approximate surface area is 121 Å². The van der Waals surface area contributed by atoms with Gasteiger partial charge in [-0.15, -0.1) is 0 Å². The fourth-order valence-corrected chi connectivity index (χ4v) is 3.12. The second kappa shape index (κ2) is 7.24. The van der Waals surface area contributed by atoms with Crippen molar-refractivity contribution in [2.45, 2.75) is 32.1 Å². The number of amidine groups is 1. The molecule has 1 unspecified atom stereocenters. The molecule has 0 aliphatic carbocycles. The van der Waals surface area contributed by atoms with E-state index in [0.717, 1.165) is 26.2 Å². The van der Waals surface area contributed by atoms with Gasteiger partial charge in [0.15, 0.2) is 15.7 Å². The molecular formula is C12H26N4O3S. The van der Waals surface area contributed by atoms with E-state index in [2.05, 4.69) is 15.0 Å². The maximum Gasteiger partial charge on any atom is 0.156 e. The molecule has 1 fully saturated rings. The molecule has 0 spiro atoms. The maximum absolute atomic E-state index is 11.8. The molecule has 8 heteroatoms. The molecule has 1 saturated heterocycles. The number of piperazine rings is 1. The second-order valence-corrected chi connectivity index (χ2v) is 8.17. The minimum absolute atomic E-state index is 0.0958. The summed E-state index contributed by atoms with van der Waals surface area (Å²) in [5.74, 6) is 0.418. The smallest absolute Gasteiger partial charge is 0.156 e. The van der Waals surface area contributed by atoms with Gasteiger partial charge in [0.1, 0.15) is 0 Å². The lowest BCUT2D eigenvalue weighted by Crippen LogP contribution is -2.53. The van der Waals surface area contributed by atoms with Crippen LogP contribution in [-0.4, -0.2) is 79.0 Å². The van der Waals surface area contributed by atoms with Gasteiger partial charge < -0.3 is 10.9 Å². The maximum atomic E-state index is 11.8. The SMILES string of the molecule is CC(C(N)=NO)N1CCN(CCS(=O)(=O)C(C)C)CC1. The van der Waals surface area contributed by atoms with Crippen molar-refractivity contribution in [1.82, 2.24) is 9.80 Å². The highest BCUT2D eigenvalue weighted by Gasteiger charge is 2.24. The number of rotatable bonds is 6. The van der Waals surface area contributed by atoms with Crippen molar-refractivity contribution < 1.29 is 13.6 Å². The molecule has 0 radical (unpaired) electrons. The van der Waals surface area contributed by atoms with E-state index in [-0.39, 0.29) is 22.9 Å². The van der Waals surface area contributed by atoms with Gasteiger partial charge in [-0.1, -0.05) is 5.16 Å². The predicted molar refractivity (Wildman–Crippen MR) is 79.8 cm³/mol. The van der Waals surface area contributed by atoms with Crippen LogP contribution >= 0.6 is 0 Å². The van der Waals surface area contributed by atoms with Crippen molar-refractivity contribution in [2.24, 2.45) is 10.9 Å². The minimum atomic E-state index is -2.97. The van der Waals surface area contributed by atoms with Crippen molar-refractivity contribution in [3.63, 3.8) is 0 Å². The van der Waals surface area contributed by atoms with Crippen LogP contribution in [0.25, 0.3) is 0 Å². The molecule has 0 aromatic rings. The molecule has 0 aromatic carbocycles. The highest BCUT2D eigenvalue weighted by atomic mass is 32.2. The lowest BCUT2D eigenvalue weighted by molar-refractivity contribution is 0.125. The molecule has 0 amide bonds. The lowest BCUT2D eigenvalue weighted by atomic mass is 10.2. The van der Waals surface area contributed by atoms with Crippen LogP contribution < -0.4 is 5.73 Å². The van der Waals surface area contributed by atoms with Crippen molar-refractivity contribution in [2.75, 3.05) is 38.5 Å². The fraction of sp³-hybridized carbons (Fsp3) is 0.917. The molecule has 118 valence electrons. The van der Waals surface area contributed by atoms with Crippen LogP contribution in [-0.2, 0) is 9.84 Å². The first-order valence-corrected chi connectivity index (χ1v) is 8.65. The van der Waals surface area contributed by atoms with E-state index < -0.39 is 9.84 Å². The van der Waals surface area contributed by atoms with Crippen molar-refractivity contribution >= 4 is 15.7 Å². The first kappa shape index (κ1) is 17.2. The van der Waals surface area contributed by atoms with Crippen LogP contribution in [0.3, 0.4) is 0 Å². The summed E-state index contributed by atoms with van der Waals surface area (Å²) in [5, 5.41) is 11.4. The molecule has 20 heavy (non-hydrogen) atoms. The summed E-state index contributed by atoms with van der Waals surface area (Å²) in [6.45, 7) is 9.09. The van der Waals surface area contributed by atoms with Crippen LogP contribution in [0.2, 0.25) is 0 Å². The highest BCUT2D eigenvalue weighted by molar-refractivity contribution is 7.92. The molecule has 7 nitrogen and oxygen atoms in total. The Balaban J connectivity index is 2.40. The van der Waals surface area contributed by atoms with Gasteiger partial charge in [0.25, 0.3) is 0 Å². The number of sulfone groups is 1. The molecular weight excluding hydrogens is 280 g/mol. The van der Waals surface area contributed by atoms with Crippen molar-refractivity contribution in [1.29, 1.82) is 0 Å². The van der Waals surface area contributed by atoms with Gasteiger partial charge in [-0.3, -0.25) is 9.80 Å². The van der Waals surface area contributed by atoms with Crippen LogP contribution in [0.4, 0.5) is 0 Å². The Kier molecular flexibility index (Phi) is 6.22. The highest BCUT2D eigenvalue weighted by Crippen LogP contribution is 2.08. The zero-order valence-corrected chi connectivity index (χ0v) is 13.3. The number of nitrogens with zero attached hydrogens (tertiary/aromatic N) is 3. The molecule has 1 aliphatic rings. The van der Waals surface area contributed by atoms with E-state index in [4.69, 9.17) is 10.9 Å². The van der Waals surface area contributed by atoms with Crippen LogP contribution in [0, 0.1) is 0 Å². The summed E-state index contributed by atoms with van der Waals surface area (Å²) in [7, 11) is -2.97. The molecule has 1 rings (SSSR count). The van der Waals surface area contributed by atoms with Gasteiger partial charge in [-0.25, -0.2) is 8.42 Å². The average molecular weight is 306 g/mol. The summed E-state index contributed by atoms with van der Waals surface area (Å²) in [4.78, 5) is 4.28. The average Bonchev–Trinajstić information content (AvgIpc) is 2.44. The molecule has 1 heterocycles.